The van der Waals surface area contributed by atoms with Crippen LogP contribution in [0.3, 0.4) is 0 Å². The van der Waals surface area contributed by atoms with Crippen LogP contribution in [0.15, 0.2) is 0 Å². The summed E-state index contributed by atoms with van der Waals surface area (Å²) in [4.78, 5) is 36.8. The van der Waals surface area contributed by atoms with E-state index in [1.165, 1.54) is 0 Å². The molecule has 0 rings (SSSR count). The minimum atomic E-state index is -4.60. The van der Waals surface area contributed by atoms with Crippen LogP contribution in [0, 0.1) is 0 Å². The normalized spacial score (nSPS) is 10.8. The lowest BCUT2D eigenvalue weighted by Crippen LogP contribution is -2.57. The third-order valence-electron chi connectivity index (χ3n) is 1.18. The van der Waals surface area contributed by atoms with Crippen molar-refractivity contribution in [2.24, 2.45) is 0 Å². The lowest BCUT2D eigenvalue weighted by Gasteiger charge is -2.11. The van der Waals surface area contributed by atoms with Crippen LogP contribution in [0.2, 0.25) is 0 Å². The van der Waals surface area contributed by atoms with Gasteiger partial charge in [0.1, 0.15) is 0 Å². The quantitative estimate of drug-likeness (QED) is 0.586. The van der Waals surface area contributed by atoms with Gasteiger partial charge in [-0.25, -0.2) is 0 Å². The molecule has 0 aromatic carbocycles. The summed E-state index contributed by atoms with van der Waals surface area (Å²) in [7, 11) is -4.60. The number of halogens is 4. The van der Waals surface area contributed by atoms with Gasteiger partial charge in [-0.2, -0.15) is 0 Å². The summed E-state index contributed by atoms with van der Waals surface area (Å²) in [5.74, 6) is 0. The largest absolute Gasteiger partial charge is 0.426 e. The van der Waals surface area contributed by atoms with E-state index in [9.17, 15) is 19.2 Å². The predicted octanol–water partition coefficient (Wildman–Crippen LogP) is 3.20. The van der Waals surface area contributed by atoms with Crippen LogP contribution in [-0.2, 0) is 0 Å². The smallest absolute Gasteiger partial charge is 0.286 e. The topological polar surface area (TPSA) is 68.3 Å². The van der Waals surface area contributed by atoms with Gasteiger partial charge < -0.3 is 0 Å². The van der Waals surface area contributed by atoms with Crippen molar-refractivity contribution >= 4 is 73.9 Å². The Morgan fingerprint density at radius 1 is 0.615 bits per heavy atom. The summed E-state index contributed by atoms with van der Waals surface area (Å²) in [6, 6.07) is 0. The summed E-state index contributed by atoms with van der Waals surface area (Å²) >= 11 is 19.6. The second-order valence-corrected chi connectivity index (χ2v) is 7.80. The van der Waals surface area contributed by atoms with Crippen molar-refractivity contribution in [1.29, 1.82) is 0 Å². The number of carbonyl (C=O) groups is 4. The Labute approximate surface area is 93.1 Å². The molecule has 0 aliphatic carbocycles. The summed E-state index contributed by atoms with van der Waals surface area (Å²) in [5, 5.41) is 0. The summed E-state index contributed by atoms with van der Waals surface area (Å²) in [5.41, 5.74) is 0. The van der Waals surface area contributed by atoms with Crippen LogP contribution in [-0.4, -0.2) is 27.5 Å². The fourth-order valence-electron chi connectivity index (χ4n) is 0.464. The van der Waals surface area contributed by atoms with E-state index >= 15 is 0 Å². The fraction of sp³-hybridized carbons (Fsp3) is 0. The molecular weight excluding hydrogens is 282 g/mol. The average Bonchev–Trinajstić information content (AvgIpc) is 1.82. The van der Waals surface area contributed by atoms with Crippen molar-refractivity contribution in [1.82, 2.24) is 0 Å². The monoisotopic (exact) mass is 280 g/mol. The lowest BCUT2D eigenvalue weighted by atomic mass is 11.6. The van der Waals surface area contributed by atoms with E-state index in [0.717, 1.165) is 0 Å². The summed E-state index contributed by atoms with van der Waals surface area (Å²) in [6.45, 7) is 0. The first-order chi connectivity index (χ1) is 5.77. The van der Waals surface area contributed by atoms with Crippen LogP contribution < -0.4 is 0 Å². The van der Waals surface area contributed by atoms with E-state index in [1.807, 2.05) is 0 Å². The van der Waals surface area contributed by atoms with Gasteiger partial charge in [0, 0.05) is 0 Å². The van der Waals surface area contributed by atoms with Crippen LogP contribution in [0.4, 0.5) is 19.2 Å². The van der Waals surface area contributed by atoms with Gasteiger partial charge in [-0.3, -0.25) is 19.2 Å². The van der Waals surface area contributed by atoms with Gasteiger partial charge in [-0.1, -0.05) is 0 Å². The van der Waals surface area contributed by atoms with Crippen LogP contribution in [0.1, 0.15) is 0 Å². The highest BCUT2D eigenvalue weighted by atomic mass is 35.5. The van der Waals surface area contributed by atoms with Gasteiger partial charge in [-0.15, -0.1) is 0 Å². The maximum atomic E-state index is 10.7. The van der Waals surface area contributed by atoms with Gasteiger partial charge in [0.25, 0.3) is 0 Å². The Bertz CT molecular complexity index is 239. The second-order valence-electron chi connectivity index (χ2n) is 1.84. The minimum absolute atomic E-state index is 1.49. The van der Waals surface area contributed by atoms with Crippen LogP contribution >= 0.6 is 46.4 Å². The van der Waals surface area contributed by atoms with Crippen molar-refractivity contribution in [2.75, 3.05) is 0 Å². The molecule has 0 aromatic heterocycles. The van der Waals surface area contributed by atoms with E-state index in [2.05, 4.69) is 0 Å². The highest BCUT2D eigenvalue weighted by molar-refractivity contribution is 7.69. The van der Waals surface area contributed by atoms with Crippen LogP contribution in [0.5, 0.6) is 0 Å². The molecule has 0 bridgehead atoms. The number of rotatable bonds is 4. The first-order valence-electron chi connectivity index (χ1n) is 2.57. The molecule has 72 valence electrons. The van der Waals surface area contributed by atoms with Gasteiger partial charge >= 0.3 is 8.07 Å². The zero-order valence-electron chi connectivity index (χ0n) is 5.64. The zero-order chi connectivity index (χ0) is 10.8. The molecule has 0 spiro atoms. The van der Waals surface area contributed by atoms with Crippen molar-refractivity contribution in [2.45, 2.75) is 0 Å². The molecule has 0 aliphatic rings. The Hall–Kier alpha value is 0.0569. The molecule has 0 aliphatic heterocycles. The highest BCUT2D eigenvalue weighted by Gasteiger charge is 2.61. The van der Waals surface area contributed by atoms with Crippen molar-refractivity contribution < 1.29 is 19.2 Å². The third kappa shape index (κ3) is 2.11. The maximum absolute atomic E-state index is 10.7. The molecule has 0 N–H and O–H groups in total. The van der Waals surface area contributed by atoms with E-state index in [0.29, 0.717) is 0 Å². The fourth-order valence-corrected chi connectivity index (χ4v) is 5.35. The van der Waals surface area contributed by atoms with Gasteiger partial charge in [-0.05, 0) is 46.4 Å². The molecular formula is C4Cl4O4Si. The zero-order valence-corrected chi connectivity index (χ0v) is 9.67. The Kier molecular flexibility index (Phi) is 4.54. The van der Waals surface area contributed by atoms with Gasteiger partial charge in [0.15, 0.2) is 0 Å². The molecule has 0 saturated heterocycles. The molecule has 0 radical (unpaired) electrons. The molecule has 0 aromatic rings. The minimum Gasteiger partial charge on any atom is -0.286 e. The van der Waals surface area contributed by atoms with Crippen molar-refractivity contribution in [3.8, 4) is 0 Å². The molecule has 4 nitrogen and oxygen atoms in total. The first kappa shape index (κ1) is 13.1. The average molecular weight is 282 g/mol. The molecule has 0 unspecified atom stereocenters. The number of carbonyl (C=O) groups excluding carboxylic acids is 4. The number of hydrogen-bond acceptors (Lipinski definition) is 4. The maximum Gasteiger partial charge on any atom is 0.426 e. The van der Waals surface area contributed by atoms with E-state index in [-0.39, 0.29) is 0 Å². The molecule has 0 saturated carbocycles. The second kappa shape index (κ2) is 4.52. The molecule has 0 amide bonds. The summed E-state index contributed by atoms with van der Waals surface area (Å²) in [6.07, 6.45) is 0. The first-order valence-corrected chi connectivity index (χ1v) is 6.08. The molecule has 0 fully saturated rings. The Morgan fingerprint density at radius 2 is 0.769 bits per heavy atom. The lowest BCUT2D eigenvalue weighted by molar-refractivity contribution is 0.261. The standard InChI is InChI=1S/C4Cl4O4Si/c5-1(9)13(2(6)10,3(7)11)4(8)12. The summed E-state index contributed by atoms with van der Waals surface area (Å²) < 4.78 is 0. The highest BCUT2D eigenvalue weighted by Crippen LogP contribution is 2.22. The van der Waals surface area contributed by atoms with E-state index < -0.39 is 27.5 Å². The van der Waals surface area contributed by atoms with E-state index in [1.54, 1.807) is 0 Å². The van der Waals surface area contributed by atoms with Gasteiger partial charge in [0.2, 0.25) is 19.5 Å². The Morgan fingerprint density at radius 3 is 0.769 bits per heavy atom. The van der Waals surface area contributed by atoms with Crippen LogP contribution in [0.25, 0.3) is 0 Å². The number of hydrogen-bond donors (Lipinski definition) is 0. The molecule has 13 heavy (non-hydrogen) atoms. The molecule has 0 atom stereocenters. The Balaban J connectivity index is 5.60. The van der Waals surface area contributed by atoms with E-state index in [4.69, 9.17) is 46.4 Å². The van der Waals surface area contributed by atoms with Gasteiger partial charge in [0.05, 0.1) is 0 Å². The van der Waals surface area contributed by atoms with Crippen molar-refractivity contribution in [3.05, 3.63) is 0 Å². The SMILES string of the molecule is O=C(Cl)[Si](C(=O)Cl)(C(=O)Cl)C(=O)Cl. The van der Waals surface area contributed by atoms with Crippen molar-refractivity contribution in [3.63, 3.8) is 0 Å². The molecule has 9 heteroatoms. The predicted molar refractivity (Wildman–Crippen MR) is 50.8 cm³/mol. The third-order valence-corrected chi connectivity index (χ3v) is 6.94. The molecule has 0 heterocycles.